The topological polar surface area (TPSA) is 41.6 Å². The lowest BCUT2D eigenvalue weighted by molar-refractivity contribution is 0.617. The minimum absolute atomic E-state index is 0.189. The SMILES string of the molecule is Cc1ccccc1Cc1nc(SCc2ccccc2F)n[nH]1. The largest absolute Gasteiger partial charge is 0.262 e. The van der Waals surface area contributed by atoms with Gasteiger partial charge in [-0.1, -0.05) is 54.2 Å². The number of rotatable bonds is 5. The summed E-state index contributed by atoms with van der Waals surface area (Å²) in [6, 6.07) is 15.0. The molecule has 3 aromatic rings. The van der Waals surface area contributed by atoms with E-state index in [4.69, 9.17) is 0 Å². The molecule has 3 nitrogen and oxygen atoms in total. The Labute approximate surface area is 133 Å². The summed E-state index contributed by atoms with van der Waals surface area (Å²) >= 11 is 1.43. The summed E-state index contributed by atoms with van der Waals surface area (Å²) in [6.07, 6.45) is 0.722. The van der Waals surface area contributed by atoms with Crippen molar-refractivity contribution in [2.75, 3.05) is 0 Å². The average molecular weight is 313 g/mol. The number of nitrogens with one attached hydrogen (secondary N) is 1. The van der Waals surface area contributed by atoms with Gasteiger partial charge in [-0.3, -0.25) is 5.10 Å². The van der Waals surface area contributed by atoms with Crippen molar-refractivity contribution in [2.45, 2.75) is 24.3 Å². The van der Waals surface area contributed by atoms with Gasteiger partial charge in [0.2, 0.25) is 5.16 Å². The van der Waals surface area contributed by atoms with Crippen LogP contribution in [-0.2, 0) is 12.2 Å². The molecule has 22 heavy (non-hydrogen) atoms. The molecule has 0 fully saturated rings. The number of benzene rings is 2. The third-order valence-electron chi connectivity index (χ3n) is 3.44. The number of H-pyrrole nitrogens is 1. The van der Waals surface area contributed by atoms with Gasteiger partial charge in [-0.05, 0) is 29.7 Å². The lowest BCUT2D eigenvalue weighted by Gasteiger charge is -2.02. The second-order valence-corrected chi connectivity index (χ2v) is 5.99. The molecular formula is C17H16FN3S. The quantitative estimate of drug-likeness (QED) is 0.720. The molecule has 0 aliphatic heterocycles. The molecule has 1 N–H and O–H groups in total. The zero-order valence-electron chi connectivity index (χ0n) is 12.2. The van der Waals surface area contributed by atoms with Gasteiger partial charge >= 0.3 is 0 Å². The summed E-state index contributed by atoms with van der Waals surface area (Å²) in [5, 5.41) is 7.79. The minimum Gasteiger partial charge on any atom is -0.262 e. The van der Waals surface area contributed by atoms with E-state index in [1.165, 1.54) is 29.0 Å². The molecule has 1 heterocycles. The van der Waals surface area contributed by atoms with Gasteiger partial charge in [-0.25, -0.2) is 9.37 Å². The van der Waals surface area contributed by atoms with Crippen LogP contribution in [0.25, 0.3) is 0 Å². The van der Waals surface area contributed by atoms with Crippen LogP contribution in [0.1, 0.15) is 22.5 Å². The van der Waals surface area contributed by atoms with Crippen LogP contribution in [0.3, 0.4) is 0 Å². The van der Waals surface area contributed by atoms with Crippen molar-refractivity contribution >= 4 is 11.8 Å². The minimum atomic E-state index is -0.189. The first kappa shape index (κ1) is 14.8. The monoisotopic (exact) mass is 313 g/mol. The summed E-state index contributed by atoms with van der Waals surface area (Å²) in [5.74, 6) is 1.16. The number of thioether (sulfide) groups is 1. The summed E-state index contributed by atoms with van der Waals surface area (Å²) < 4.78 is 13.6. The normalized spacial score (nSPS) is 10.8. The number of hydrogen-bond donors (Lipinski definition) is 1. The Hall–Kier alpha value is -2.14. The van der Waals surface area contributed by atoms with Crippen LogP contribution in [0.15, 0.2) is 53.7 Å². The van der Waals surface area contributed by atoms with Gasteiger partial charge < -0.3 is 0 Å². The molecule has 0 atom stereocenters. The average Bonchev–Trinajstić information content (AvgIpc) is 2.96. The molecule has 0 saturated carbocycles. The molecule has 0 saturated heterocycles. The fraction of sp³-hybridized carbons (Fsp3) is 0.176. The maximum atomic E-state index is 13.6. The number of aromatic nitrogens is 3. The Morgan fingerprint density at radius 3 is 2.55 bits per heavy atom. The molecule has 5 heteroatoms. The molecule has 112 valence electrons. The van der Waals surface area contributed by atoms with Gasteiger partial charge in [0.15, 0.2) is 0 Å². The Morgan fingerprint density at radius 1 is 1.05 bits per heavy atom. The fourth-order valence-corrected chi connectivity index (χ4v) is 2.97. The van der Waals surface area contributed by atoms with E-state index in [0.717, 1.165) is 12.2 Å². The molecule has 0 aliphatic carbocycles. The second kappa shape index (κ2) is 6.75. The van der Waals surface area contributed by atoms with Crippen molar-refractivity contribution in [2.24, 2.45) is 0 Å². The smallest absolute Gasteiger partial charge is 0.208 e. The van der Waals surface area contributed by atoms with Crippen LogP contribution in [0.4, 0.5) is 4.39 Å². The highest BCUT2D eigenvalue weighted by Crippen LogP contribution is 2.21. The van der Waals surface area contributed by atoms with Gasteiger partial charge in [0.1, 0.15) is 11.6 Å². The number of hydrogen-bond acceptors (Lipinski definition) is 3. The molecule has 0 aliphatic rings. The number of aryl methyl sites for hydroxylation is 1. The van der Waals surface area contributed by atoms with Crippen LogP contribution < -0.4 is 0 Å². The maximum absolute atomic E-state index is 13.6. The Bertz CT molecular complexity index is 770. The number of nitrogens with zero attached hydrogens (tertiary/aromatic N) is 2. The molecule has 1 aromatic heterocycles. The van der Waals surface area contributed by atoms with Crippen LogP contribution in [0, 0.1) is 12.7 Å². The molecule has 0 unspecified atom stereocenters. The van der Waals surface area contributed by atoms with E-state index < -0.39 is 0 Å². The molecule has 0 radical (unpaired) electrons. The van der Waals surface area contributed by atoms with E-state index in [1.54, 1.807) is 12.1 Å². The first-order valence-electron chi connectivity index (χ1n) is 7.04. The fourth-order valence-electron chi connectivity index (χ4n) is 2.17. The molecular weight excluding hydrogens is 297 g/mol. The van der Waals surface area contributed by atoms with Crippen LogP contribution >= 0.6 is 11.8 Å². The van der Waals surface area contributed by atoms with Gasteiger partial charge in [-0.15, -0.1) is 5.10 Å². The Kier molecular flexibility index (Phi) is 4.53. The molecule has 2 aromatic carbocycles. The second-order valence-electron chi connectivity index (χ2n) is 5.05. The molecule has 0 spiro atoms. The van der Waals surface area contributed by atoms with Crippen LogP contribution in [0.2, 0.25) is 0 Å². The first-order chi connectivity index (χ1) is 10.7. The Balaban J connectivity index is 1.64. The van der Waals surface area contributed by atoms with Gasteiger partial charge in [0.05, 0.1) is 0 Å². The zero-order chi connectivity index (χ0) is 15.4. The first-order valence-corrected chi connectivity index (χ1v) is 8.03. The standard InChI is InChI=1S/C17H16FN3S/c1-12-6-2-3-7-13(12)10-16-19-17(21-20-16)22-11-14-8-4-5-9-15(14)18/h2-9H,10-11H2,1H3,(H,19,20,21). The highest BCUT2D eigenvalue weighted by molar-refractivity contribution is 7.98. The van der Waals surface area contributed by atoms with Crippen molar-refractivity contribution in [3.05, 3.63) is 76.9 Å². The molecule has 0 bridgehead atoms. The highest BCUT2D eigenvalue weighted by Gasteiger charge is 2.08. The Morgan fingerprint density at radius 2 is 1.77 bits per heavy atom. The van der Waals surface area contributed by atoms with E-state index in [9.17, 15) is 4.39 Å². The van der Waals surface area contributed by atoms with Crippen molar-refractivity contribution in [1.82, 2.24) is 15.2 Å². The molecule has 3 rings (SSSR count). The van der Waals surface area contributed by atoms with Gasteiger partial charge in [0.25, 0.3) is 0 Å². The van der Waals surface area contributed by atoms with Crippen molar-refractivity contribution in [3.8, 4) is 0 Å². The third-order valence-corrected chi connectivity index (χ3v) is 4.34. The van der Waals surface area contributed by atoms with E-state index in [1.807, 2.05) is 18.2 Å². The van der Waals surface area contributed by atoms with E-state index >= 15 is 0 Å². The number of aromatic amines is 1. The summed E-state index contributed by atoms with van der Waals surface area (Å²) in [5.41, 5.74) is 3.13. The summed E-state index contributed by atoms with van der Waals surface area (Å²) in [6.45, 7) is 2.08. The summed E-state index contributed by atoms with van der Waals surface area (Å²) in [7, 11) is 0. The summed E-state index contributed by atoms with van der Waals surface area (Å²) in [4.78, 5) is 4.47. The lowest BCUT2D eigenvalue weighted by atomic mass is 10.1. The predicted octanol–water partition coefficient (Wildman–Crippen LogP) is 4.14. The van der Waals surface area contributed by atoms with E-state index in [0.29, 0.717) is 16.5 Å². The van der Waals surface area contributed by atoms with Crippen LogP contribution in [-0.4, -0.2) is 15.2 Å². The predicted molar refractivity (Wildman–Crippen MR) is 86.3 cm³/mol. The lowest BCUT2D eigenvalue weighted by Crippen LogP contribution is -1.93. The maximum Gasteiger partial charge on any atom is 0.208 e. The molecule has 0 amide bonds. The van der Waals surface area contributed by atoms with Gasteiger partial charge in [-0.2, -0.15) is 0 Å². The van der Waals surface area contributed by atoms with E-state index in [2.05, 4.69) is 34.2 Å². The van der Waals surface area contributed by atoms with Crippen LogP contribution in [0.5, 0.6) is 0 Å². The highest BCUT2D eigenvalue weighted by atomic mass is 32.2. The zero-order valence-corrected chi connectivity index (χ0v) is 13.0. The van der Waals surface area contributed by atoms with Crippen molar-refractivity contribution < 1.29 is 4.39 Å². The van der Waals surface area contributed by atoms with Crippen molar-refractivity contribution in [3.63, 3.8) is 0 Å². The number of halogens is 1. The van der Waals surface area contributed by atoms with Crippen molar-refractivity contribution in [1.29, 1.82) is 0 Å². The third kappa shape index (κ3) is 3.54. The van der Waals surface area contributed by atoms with Gasteiger partial charge in [0, 0.05) is 12.2 Å². The van der Waals surface area contributed by atoms with E-state index in [-0.39, 0.29) is 5.82 Å².